The summed E-state index contributed by atoms with van der Waals surface area (Å²) in [5, 5.41) is 0.364. The van der Waals surface area contributed by atoms with E-state index in [1.54, 1.807) is 6.26 Å². The van der Waals surface area contributed by atoms with Gasteiger partial charge >= 0.3 is 0 Å². The van der Waals surface area contributed by atoms with Crippen molar-refractivity contribution in [2.75, 3.05) is 6.26 Å². The van der Waals surface area contributed by atoms with Crippen LogP contribution in [0.1, 0.15) is 24.6 Å². The summed E-state index contributed by atoms with van der Waals surface area (Å²) in [6.45, 7) is 0. The quantitative estimate of drug-likeness (QED) is 0.525. The summed E-state index contributed by atoms with van der Waals surface area (Å²) in [6.07, 6.45) is 7.58. The molecule has 0 N–H and O–H groups in total. The van der Waals surface area contributed by atoms with E-state index in [1.807, 2.05) is 24.3 Å². The van der Waals surface area contributed by atoms with E-state index in [2.05, 4.69) is 27.8 Å². The van der Waals surface area contributed by atoms with Crippen molar-refractivity contribution in [2.24, 2.45) is 7.05 Å². The maximum Gasteiger partial charge on any atom is 0.173 e. The molecule has 122 valence electrons. The molecule has 0 unspecified atom stereocenters. The fourth-order valence-corrected chi connectivity index (χ4v) is 3.19. The zero-order valence-electron chi connectivity index (χ0n) is 13.5. The van der Waals surface area contributed by atoms with Crippen molar-refractivity contribution in [1.29, 1.82) is 0 Å². The molecule has 2 aromatic heterocycles. The lowest BCUT2D eigenvalue weighted by Gasteiger charge is -2.04. The average Bonchev–Trinajstić information content (AvgIpc) is 3.37. The second kappa shape index (κ2) is 6.02. The summed E-state index contributed by atoms with van der Waals surface area (Å²) < 4.78 is 15.6. The fourth-order valence-electron chi connectivity index (χ4n) is 2.76. The van der Waals surface area contributed by atoms with E-state index in [0.29, 0.717) is 16.8 Å². The van der Waals surface area contributed by atoms with Gasteiger partial charge in [-0.25, -0.2) is 19.3 Å². The Labute approximate surface area is 144 Å². The smallest absolute Gasteiger partial charge is 0.173 e. The second-order valence-electron chi connectivity index (χ2n) is 6.00. The first-order valence-corrected chi connectivity index (χ1v) is 9.09. The van der Waals surface area contributed by atoms with Gasteiger partial charge in [0, 0.05) is 30.3 Å². The first-order chi connectivity index (χ1) is 11.7. The lowest BCUT2D eigenvalue weighted by molar-refractivity contribution is 0.580. The normalized spacial score (nSPS) is 14.1. The van der Waals surface area contributed by atoms with Gasteiger partial charge < -0.3 is 4.57 Å². The Balaban J connectivity index is 1.64. The number of imidazole rings is 1. The fraction of sp³-hybridized carbons (Fsp3) is 0.278. The van der Waals surface area contributed by atoms with Gasteiger partial charge in [0.15, 0.2) is 11.6 Å². The summed E-state index contributed by atoms with van der Waals surface area (Å²) in [5.74, 6) is 1.94. The molecule has 0 atom stereocenters. The van der Waals surface area contributed by atoms with Gasteiger partial charge in [0.25, 0.3) is 0 Å². The highest BCUT2D eigenvalue weighted by molar-refractivity contribution is 7.98. The third-order valence-electron chi connectivity index (χ3n) is 4.20. The number of hydrogen-bond donors (Lipinski definition) is 0. The van der Waals surface area contributed by atoms with Crippen molar-refractivity contribution >= 4 is 11.8 Å². The molecule has 1 fully saturated rings. The van der Waals surface area contributed by atoms with Crippen LogP contribution in [-0.2, 0) is 7.05 Å². The minimum absolute atomic E-state index is 0.364. The minimum Gasteiger partial charge on any atom is -0.337 e. The van der Waals surface area contributed by atoms with E-state index in [0.717, 1.165) is 16.8 Å². The van der Waals surface area contributed by atoms with Gasteiger partial charge in [-0.1, -0.05) is 24.3 Å². The van der Waals surface area contributed by atoms with E-state index in [4.69, 9.17) is 4.98 Å². The molecule has 1 saturated carbocycles. The Morgan fingerprint density at radius 1 is 1.12 bits per heavy atom. The highest BCUT2D eigenvalue weighted by Gasteiger charge is 2.28. The van der Waals surface area contributed by atoms with Crippen LogP contribution in [0.2, 0.25) is 0 Å². The lowest BCUT2D eigenvalue weighted by atomic mass is 10.1. The summed E-state index contributed by atoms with van der Waals surface area (Å²) in [6, 6.07) is 7.94. The molecular weight excluding hydrogens is 323 g/mol. The van der Waals surface area contributed by atoms with Gasteiger partial charge in [-0.2, -0.15) is 0 Å². The number of benzene rings is 1. The molecule has 2 heterocycles. The highest BCUT2D eigenvalue weighted by Crippen LogP contribution is 2.40. The lowest BCUT2D eigenvalue weighted by Crippen LogP contribution is -1.94. The van der Waals surface area contributed by atoms with Gasteiger partial charge in [-0.05, 0) is 19.1 Å². The highest BCUT2D eigenvalue weighted by atomic mass is 32.2. The summed E-state index contributed by atoms with van der Waals surface area (Å²) in [4.78, 5) is 13.1. The predicted octanol–water partition coefficient (Wildman–Crippen LogP) is 4.28. The van der Waals surface area contributed by atoms with E-state index in [-0.39, 0.29) is 5.82 Å². The Morgan fingerprint density at radius 2 is 1.83 bits per heavy atom. The number of aromatic nitrogens is 4. The van der Waals surface area contributed by atoms with Crippen LogP contribution in [0, 0.1) is 5.82 Å². The molecule has 6 heteroatoms. The molecule has 0 bridgehead atoms. The van der Waals surface area contributed by atoms with Crippen LogP contribution in [-0.4, -0.2) is 25.8 Å². The van der Waals surface area contributed by atoms with Gasteiger partial charge in [0.2, 0.25) is 0 Å². The third-order valence-corrected chi connectivity index (χ3v) is 4.87. The van der Waals surface area contributed by atoms with Crippen molar-refractivity contribution in [3.8, 4) is 22.6 Å². The van der Waals surface area contributed by atoms with Crippen molar-refractivity contribution < 1.29 is 4.39 Å². The van der Waals surface area contributed by atoms with Crippen LogP contribution in [0.4, 0.5) is 4.39 Å². The molecule has 1 aliphatic carbocycles. The molecule has 3 aromatic rings. The maximum absolute atomic E-state index is 13.5. The third kappa shape index (κ3) is 2.82. The summed E-state index contributed by atoms with van der Waals surface area (Å²) >= 11 is 1.28. The van der Waals surface area contributed by atoms with Crippen molar-refractivity contribution in [2.45, 2.75) is 23.8 Å². The van der Waals surface area contributed by atoms with Crippen molar-refractivity contribution in [3.05, 3.63) is 48.3 Å². The molecule has 1 aliphatic rings. The van der Waals surface area contributed by atoms with Crippen LogP contribution in [0.5, 0.6) is 0 Å². The first-order valence-electron chi connectivity index (χ1n) is 7.86. The monoisotopic (exact) mass is 340 g/mol. The second-order valence-corrected chi connectivity index (χ2v) is 6.79. The molecule has 0 saturated heterocycles. The van der Waals surface area contributed by atoms with Gasteiger partial charge in [0.1, 0.15) is 10.9 Å². The summed E-state index contributed by atoms with van der Waals surface area (Å²) in [7, 11) is 2.05. The first kappa shape index (κ1) is 15.3. The van der Waals surface area contributed by atoms with E-state index in [9.17, 15) is 4.39 Å². The van der Waals surface area contributed by atoms with Crippen molar-refractivity contribution in [3.63, 3.8) is 0 Å². The maximum atomic E-state index is 13.5. The van der Waals surface area contributed by atoms with Gasteiger partial charge in [-0.3, -0.25) is 0 Å². The number of halogens is 1. The number of thioether (sulfide) groups is 1. The number of nitrogens with zero attached hydrogens (tertiary/aromatic N) is 4. The number of hydrogen-bond acceptors (Lipinski definition) is 4. The van der Waals surface area contributed by atoms with Crippen LogP contribution in [0.25, 0.3) is 22.6 Å². The largest absolute Gasteiger partial charge is 0.337 e. The van der Waals surface area contributed by atoms with Gasteiger partial charge in [0.05, 0.1) is 11.9 Å². The Bertz CT molecular complexity index is 885. The minimum atomic E-state index is -0.385. The molecule has 24 heavy (non-hydrogen) atoms. The van der Waals surface area contributed by atoms with Crippen molar-refractivity contribution in [1.82, 2.24) is 19.5 Å². The zero-order chi connectivity index (χ0) is 16.7. The molecule has 1 aromatic carbocycles. The average molecular weight is 340 g/mol. The molecule has 0 spiro atoms. The predicted molar refractivity (Wildman–Crippen MR) is 93.4 cm³/mol. The Kier molecular flexibility index (Phi) is 3.84. The molecule has 0 aliphatic heterocycles. The molecular formula is C18H17FN4S. The van der Waals surface area contributed by atoms with Crippen LogP contribution in [0.15, 0.2) is 41.7 Å². The topological polar surface area (TPSA) is 43.6 Å². The zero-order valence-corrected chi connectivity index (χ0v) is 14.3. The van der Waals surface area contributed by atoms with E-state index >= 15 is 0 Å². The SMILES string of the molecule is CSc1nc(-c2ccc(-c3cn(C)c(C4CC4)n3)cc2)ncc1F. The Morgan fingerprint density at radius 3 is 2.50 bits per heavy atom. The Hall–Kier alpha value is -2.21. The number of aryl methyl sites for hydroxylation is 1. The summed E-state index contributed by atoms with van der Waals surface area (Å²) in [5.41, 5.74) is 2.91. The van der Waals surface area contributed by atoms with Gasteiger partial charge in [-0.15, -0.1) is 11.8 Å². The molecule has 4 nitrogen and oxygen atoms in total. The molecule has 0 radical (unpaired) electrons. The molecule has 0 amide bonds. The molecule has 4 rings (SSSR count). The standard InChI is InChI=1S/C18H17FN4S/c1-23-10-15(21-17(23)13-7-8-13)11-3-5-12(6-4-11)16-20-9-14(19)18(22-16)24-2/h3-6,9-10,13H,7-8H2,1-2H3. The number of rotatable bonds is 4. The van der Waals surface area contributed by atoms with E-state index in [1.165, 1.54) is 36.6 Å². The van der Waals surface area contributed by atoms with Crippen LogP contribution in [0.3, 0.4) is 0 Å². The van der Waals surface area contributed by atoms with Crippen LogP contribution >= 0.6 is 11.8 Å². The van der Waals surface area contributed by atoms with Crippen LogP contribution < -0.4 is 0 Å². The van der Waals surface area contributed by atoms with E-state index < -0.39 is 0 Å².